The van der Waals surface area contributed by atoms with Crippen LogP contribution in [0.3, 0.4) is 0 Å². The Morgan fingerprint density at radius 2 is 2.25 bits per heavy atom. The first-order valence-electron chi connectivity index (χ1n) is 4.48. The average molecular weight is 265 g/mol. The van der Waals surface area contributed by atoms with Crippen LogP contribution in [0.25, 0.3) is 0 Å². The summed E-state index contributed by atoms with van der Waals surface area (Å²) in [7, 11) is 0. The third-order valence-corrected chi connectivity index (χ3v) is 2.71. The lowest BCUT2D eigenvalue weighted by Crippen LogP contribution is -2.32. The molecule has 0 spiro atoms. The molecule has 0 aliphatic carbocycles. The monoisotopic (exact) mass is 264 g/mol. The lowest BCUT2D eigenvalue weighted by molar-refractivity contribution is 0.0505. The van der Waals surface area contributed by atoms with Crippen LogP contribution >= 0.6 is 23.2 Å². The van der Waals surface area contributed by atoms with Gasteiger partial charge < -0.3 is 9.84 Å². The molecular weight excluding hydrogens is 254 g/mol. The molecule has 0 aliphatic rings. The van der Waals surface area contributed by atoms with Crippen molar-refractivity contribution < 1.29 is 14.2 Å². The zero-order valence-corrected chi connectivity index (χ0v) is 10.1. The Hall–Kier alpha value is -0.770. The first-order valence-corrected chi connectivity index (χ1v) is 5.23. The van der Waals surface area contributed by atoms with E-state index >= 15 is 0 Å². The maximum absolute atomic E-state index is 13.0. The molecule has 0 bridgehead atoms. The van der Waals surface area contributed by atoms with Crippen LogP contribution in [0.5, 0.6) is 5.75 Å². The summed E-state index contributed by atoms with van der Waals surface area (Å²) >= 11 is 11.1. The number of hydrogen-bond acceptors (Lipinski definition) is 2. The van der Waals surface area contributed by atoms with E-state index in [1.165, 1.54) is 19.1 Å². The summed E-state index contributed by atoms with van der Waals surface area (Å²) in [5, 5.41) is 9.77. The van der Waals surface area contributed by atoms with Gasteiger partial charge in [-0.3, -0.25) is 0 Å². The standard InChI is InChI=1S/C11H11Cl2FO2/c1-7(12)11(2,15)6-16-8-3-4-9(13)10(14)5-8/h3-5,15H,1,6H2,2H3/t11-/m0/s1. The van der Waals surface area contributed by atoms with Gasteiger partial charge >= 0.3 is 0 Å². The molecule has 1 atom stereocenters. The second kappa shape index (κ2) is 5.04. The molecule has 1 aromatic carbocycles. The quantitative estimate of drug-likeness (QED) is 0.904. The molecule has 0 aromatic heterocycles. The number of ether oxygens (including phenoxy) is 1. The van der Waals surface area contributed by atoms with Crippen molar-refractivity contribution in [1.29, 1.82) is 0 Å². The molecule has 1 N–H and O–H groups in total. The Bertz CT molecular complexity index is 405. The van der Waals surface area contributed by atoms with Crippen molar-refractivity contribution in [3.63, 3.8) is 0 Å². The third kappa shape index (κ3) is 3.37. The van der Waals surface area contributed by atoms with Gasteiger partial charge in [0.1, 0.15) is 23.8 Å². The number of aliphatic hydroxyl groups is 1. The van der Waals surface area contributed by atoms with Crippen LogP contribution in [0, 0.1) is 5.82 Å². The van der Waals surface area contributed by atoms with Gasteiger partial charge in [0.25, 0.3) is 0 Å². The maximum Gasteiger partial charge on any atom is 0.145 e. The van der Waals surface area contributed by atoms with E-state index in [-0.39, 0.29) is 22.4 Å². The third-order valence-electron chi connectivity index (χ3n) is 2.00. The van der Waals surface area contributed by atoms with Crippen molar-refractivity contribution in [3.8, 4) is 5.75 Å². The van der Waals surface area contributed by atoms with Gasteiger partial charge in [-0.1, -0.05) is 29.8 Å². The average Bonchev–Trinajstić information content (AvgIpc) is 2.20. The zero-order valence-electron chi connectivity index (χ0n) is 8.64. The highest BCUT2D eigenvalue weighted by atomic mass is 35.5. The fourth-order valence-electron chi connectivity index (χ4n) is 0.869. The molecule has 16 heavy (non-hydrogen) atoms. The topological polar surface area (TPSA) is 29.5 Å². The molecule has 0 aliphatic heterocycles. The minimum atomic E-state index is -1.36. The van der Waals surface area contributed by atoms with Gasteiger partial charge in [0.15, 0.2) is 0 Å². The molecule has 0 amide bonds. The van der Waals surface area contributed by atoms with Gasteiger partial charge in [0.05, 0.1) is 5.02 Å². The molecule has 1 rings (SSSR count). The van der Waals surface area contributed by atoms with E-state index < -0.39 is 11.4 Å². The van der Waals surface area contributed by atoms with Crippen LogP contribution in [0.15, 0.2) is 29.8 Å². The molecule has 5 heteroatoms. The highest BCUT2D eigenvalue weighted by Gasteiger charge is 2.24. The SMILES string of the molecule is C=C(Cl)[C@@](C)(O)COc1ccc(Cl)c(F)c1. The number of halogens is 3. The summed E-state index contributed by atoms with van der Waals surface area (Å²) in [5.41, 5.74) is -1.36. The van der Waals surface area contributed by atoms with E-state index in [0.29, 0.717) is 0 Å². The van der Waals surface area contributed by atoms with Crippen molar-refractivity contribution in [2.45, 2.75) is 12.5 Å². The second-order valence-electron chi connectivity index (χ2n) is 3.54. The van der Waals surface area contributed by atoms with E-state index in [0.717, 1.165) is 6.07 Å². The molecule has 0 fully saturated rings. The fraction of sp³-hybridized carbons (Fsp3) is 0.273. The molecule has 0 saturated carbocycles. The summed E-state index contributed by atoms with van der Waals surface area (Å²) in [6, 6.07) is 4.00. The Balaban J connectivity index is 2.68. The molecule has 1 aromatic rings. The lowest BCUT2D eigenvalue weighted by atomic mass is 10.1. The predicted octanol–water partition coefficient (Wildman–Crippen LogP) is 3.36. The van der Waals surface area contributed by atoms with E-state index in [4.69, 9.17) is 27.9 Å². The van der Waals surface area contributed by atoms with E-state index in [1.807, 2.05) is 0 Å². The van der Waals surface area contributed by atoms with Gasteiger partial charge in [-0.15, -0.1) is 0 Å². The molecule has 0 radical (unpaired) electrons. The molecule has 0 saturated heterocycles. The van der Waals surface area contributed by atoms with Gasteiger partial charge in [-0.05, 0) is 19.1 Å². The van der Waals surface area contributed by atoms with E-state index in [2.05, 4.69) is 6.58 Å². The molecule has 88 valence electrons. The van der Waals surface area contributed by atoms with Crippen molar-refractivity contribution >= 4 is 23.2 Å². The van der Waals surface area contributed by atoms with Crippen LogP contribution < -0.4 is 4.74 Å². The normalized spacial score (nSPS) is 14.3. The highest BCUT2D eigenvalue weighted by molar-refractivity contribution is 6.30. The van der Waals surface area contributed by atoms with Crippen molar-refractivity contribution in [2.24, 2.45) is 0 Å². The maximum atomic E-state index is 13.0. The van der Waals surface area contributed by atoms with Crippen LogP contribution in [0.1, 0.15) is 6.92 Å². The second-order valence-corrected chi connectivity index (χ2v) is 4.41. The molecule has 2 nitrogen and oxygen atoms in total. The van der Waals surface area contributed by atoms with Gasteiger partial charge in [-0.25, -0.2) is 4.39 Å². The number of hydrogen-bond donors (Lipinski definition) is 1. The minimum absolute atomic E-state index is 0.0147. The molecule has 0 heterocycles. The van der Waals surface area contributed by atoms with Crippen molar-refractivity contribution in [3.05, 3.63) is 40.7 Å². The summed E-state index contributed by atoms with van der Waals surface area (Å²) in [4.78, 5) is 0. The van der Waals surface area contributed by atoms with Gasteiger partial charge in [-0.2, -0.15) is 0 Å². The molecule has 0 unspecified atom stereocenters. The van der Waals surface area contributed by atoms with Crippen LogP contribution in [-0.2, 0) is 0 Å². The Morgan fingerprint density at radius 3 is 2.75 bits per heavy atom. The number of benzene rings is 1. The van der Waals surface area contributed by atoms with Gasteiger partial charge in [0, 0.05) is 11.1 Å². The van der Waals surface area contributed by atoms with Crippen molar-refractivity contribution in [2.75, 3.05) is 6.61 Å². The number of rotatable bonds is 4. The Labute approximate surface area is 103 Å². The van der Waals surface area contributed by atoms with Crippen LogP contribution in [0.2, 0.25) is 5.02 Å². The summed E-state index contributed by atoms with van der Waals surface area (Å²) in [6.45, 7) is 4.75. The smallest absolute Gasteiger partial charge is 0.145 e. The summed E-state index contributed by atoms with van der Waals surface area (Å²) < 4.78 is 18.2. The van der Waals surface area contributed by atoms with E-state index in [1.54, 1.807) is 0 Å². The zero-order chi connectivity index (χ0) is 12.3. The van der Waals surface area contributed by atoms with Crippen LogP contribution in [0.4, 0.5) is 4.39 Å². The van der Waals surface area contributed by atoms with Crippen molar-refractivity contribution in [1.82, 2.24) is 0 Å². The molecular formula is C11H11Cl2FO2. The minimum Gasteiger partial charge on any atom is -0.490 e. The Kier molecular flexibility index (Phi) is 4.19. The predicted molar refractivity (Wildman–Crippen MR) is 62.5 cm³/mol. The summed E-state index contributed by atoms with van der Waals surface area (Å²) in [6.07, 6.45) is 0. The fourth-order valence-corrected chi connectivity index (χ4v) is 1.04. The summed E-state index contributed by atoms with van der Waals surface area (Å²) in [5.74, 6) is -0.316. The highest BCUT2D eigenvalue weighted by Crippen LogP contribution is 2.23. The van der Waals surface area contributed by atoms with Gasteiger partial charge in [0.2, 0.25) is 0 Å². The largest absolute Gasteiger partial charge is 0.490 e. The first-order chi connectivity index (χ1) is 7.33. The lowest BCUT2D eigenvalue weighted by Gasteiger charge is -2.22. The van der Waals surface area contributed by atoms with E-state index in [9.17, 15) is 9.50 Å². The first kappa shape index (κ1) is 13.3. The van der Waals surface area contributed by atoms with Crippen LogP contribution in [-0.4, -0.2) is 17.3 Å². The Morgan fingerprint density at radius 1 is 1.62 bits per heavy atom.